The molecule has 6 rings (SSSR count). The van der Waals surface area contributed by atoms with Crippen LogP contribution in [0, 0.1) is 0 Å². The van der Waals surface area contributed by atoms with Crippen molar-refractivity contribution in [1.29, 1.82) is 0 Å². The van der Waals surface area contributed by atoms with Crippen LogP contribution in [0.2, 0.25) is 0 Å². The van der Waals surface area contributed by atoms with E-state index >= 15 is 0 Å². The molecule has 0 aliphatic carbocycles. The molecule has 218 valence electrons. The van der Waals surface area contributed by atoms with Crippen LogP contribution in [0.25, 0.3) is 33.2 Å². The number of aromatic nitrogens is 3. The lowest BCUT2D eigenvalue weighted by molar-refractivity contribution is 0.0946. The SMILES string of the molecule is CCn1nc(-c2cccc(-c3cccc(C(=O)NCCN4CCCCC4)c3)c2)cc(Nc2cncc3ccccc23)c1=O. The molecule has 0 saturated carbocycles. The first kappa shape index (κ1) is 28.3. The Morgan fingerprint density at radius 1 is 0.837 bits per heavy atom. The average molecular weight is 573 g/mol. The number of hydrogen-bond donors (Lipinski definition) is 2. The number of nitrogens with one attached hydrogen (secondary N) is 2. The first-order valence-electron chi connectivity index (χ1n) is 15.0. The minimum Gasteiger partial charge on any atom is -0.351 e. The van der Waals surface area contributed by atoms with Crippen molar-refractivity contribution in [3.8, 4) is 22.4 Å². The molecule has 8 nitrogen and oxygen atoms in total. The third kappa shape index (κ3) is 6.49. The molecule has 0 unspecified atom stereocenters. The molecular weight excluding hydrogens is 536 g/mol. The van der Waals surface area contributed by atoms with E-state index in [9.17, 15) is 9.59 Å². The Kier molecular flexibility index (Phi) is 8.56. The summed E-state index contributed by atoms with van der Waals surface area (Å²) in [7, 11) is 0. The molecule has 1 aliphatic heterocycles. The smallest absolute Gasteiger partial charge is 0.290 e. The summed E-state index contributed by atoms with van der Waals surface area (Å²) in [6, 6.07) is 25.4. The number of hydrogen-bond acceptors (Lipinski definition) is 6. The standard InChI is InChI=1S/C35H36N6O2/c1-2-41-35(43)32(38-33-24-36-23-29-10-4-5-15-30(29)33)22-31(39-41)27-13-8-11-25(20-27)26-12-9-14-28(21-26)34(42)37-16-19-40-17-6-3-7-18-40/h4-5,8-15,20-24,38H,2-3,6-7,16-19H2,1H3,(H,37,42). The first-order valence-corrected chi connectivity index (χ1v) is 15.0. The van der Waals surface area contributed by atoms with E-state index in [1.165, 1.54) is 23.9 Å². The van der Waals surface area contributed by atoms with Crippen molar-refractivity contribution in [3.05, 3.63) is 107 Å². The molecule has 1 saturated heterocycles. The van der Waals surface area contributed by atoms with Gasteiger partial charge in [-0.1, -0.05) is 61.0 Å². The van der Waals surface area contributed by atoms with Crippen molar-refractivity contribution < 1.29 is 4.79 Å². The van der Waals surface area contributed by atoms with Crippen LogP contribution in [-0.4, -0.2) is 51.8 Å². The zero-order chi connectivity index (χ0) is 29.6. The molecule has 0 bridgehead atoms. The van der Waals surface area contributed by atoms with E-state index in [-0.39, 0.29) is 11.5 Å². The number of pyridine rings is 1. The second-order valence-corrected chi connectivity index (χ2v) is 10.9. The normalized spacial score (nSPS) is 13.6. The third-order valence-electron chi connectivity index (χ3n) is 7.99. The van der Waals surface area contributed by atoms with Crippen molar-refractivity contribution in [3.63, 3.8) is 0 Å². The second kappa shape index (κ2) is 13.0. The molecule has 0 spiro atoms. The first-order chi connectivity index (χ1) is 21.1. The van der Waals surface area contributed by atoms with Crippen molar-refractivity contribution in [2.24, 2.45) is 0 Å². The van der Waals surface area contributed by atoms with Gasteiger partial charge >= 0.3 is 0 Å². The zero-order valence-electron chi connectivity index (χ0n) is 24.4. The van der Waals surface area contributed by atoms with Gasteiger partial charge in [-0.2, -0.15) is 5.10 Å². The van der Waals surface area contributed by atoms with Crippen LogP contribution in [0.1, 0.15) is 36.5 Å². The van der Waals surface area contributed by atoms with Gasteiger partial charge in [-0.15, -0.1) is 0 Å². The minimum absolute atomic E-state index is 0.0645. The number of anilines is 2. The van der Waals surface area contributed by atoms with Crippen molar-refractivity contribution in [1.82, 2.24) is 25.0 Å². The lowest BCUT2D eigenvalue weighted by Gasteiger charge is -2.26. The summed E-state index contributed by atoms with van der Waals surface area (Å²) in [4.78, 5) is 33.0. The molecule has 8 heteroatoms. The zero-order valence-corrected chi connectivity index (χ0v) is 24.4. The van der Waals surface area contributed by atoms with Gasteiger partial charge in [0.05, 0.1) is 17.6 Å². The quantitative estimate of drug-likeness (QED) is 0.222. The molecule has 2 aromatic heterocycles. The van der Waals surface area contributed by atoms with E-state index < -0.39 is 0 Å². The number of carbonyl (C=O) groups excluding carboxylic acids is 1. The van der Waals surface area contributed by atoms with Gasteiger partial charge in [0.15, 0.2) is 0 Å². The van der Waals surface area contributed by atoms with E-state index in [1.807, 2.05) is 85.9 Å². The van der Waals surface area contributed by atoms with Gasteiger partial charge in [0.25, 0.3) is 11.5 Å². The maximum Gasteiger partial charge on any atom is 0.290 e. The monoisotopic (exact) mass is 572 g/mol. The van der Waals surface area contributed by atoms with E-state index in [0.717, 1.165) is 52.8 Å². The summed E-state index contributed by atoms with van der Waals surface area (Å²) in [5.74, 6) is -0.0645. The Labute approximate surface area is 251 Å². The second-order valence-electron chi connectivity index (χ2n) is 10.9. The third-order valence-corrected chi connectivity index (χ3v) is 7.99. The summed E-state index contributed by atoms with van der Waals surface area (Å²) >= 11 is 0. The highest BCUT2D eigenvalue weighted by molar-refractivity contribution is 5.96. The Bertz CT molecular complexity index is 1800. The van der Waals surface area contributed by atoms with E-state index in [2.05, 4.69) is 25.6 Å². The van der Waals surface area contributed by atoms with Crippen LogP contribution >= 0.6 is 0 Å². The molecule has 1 fully saturated rings. The molecule has 3 heterocycles. The van der Waals surface area contributed by atoms with Gasteiger partial charge in [0, 0.05) is 47.7 Å². The Balaban J connectivity index is 1.24. The van der Waals surface area contributed by atoms with Crippen molar-refractivity contribution >= 4 is 28.1 Å². The molecule has 1 amide bonds. The minimum atomic E-state index is -0.200. The van der Waals surface area contributed by atoms with Crippen LogP contribution in [0.4, 0.5) is 11.4 Å². The fourth-order valence-electron chi connectivity index (χ4n) is 5.66. The van der Waals surface area contributed by atoms with Gasteiger partial charge in [-0.05, 0) is 68.2 Å². The number of nitrogens with zero attached hydrogens (tertiary/aromatic N) is 4. The summed E-state index contributed by atoms with van der Waals surface area (Å²) in [6.07, 6.45) is 7.32. The van der Waals surface area contributed by atoms with Crippen LogP contribution in [0.3, 0.4) is 0 Å². The number of amides is 1. The summed E-state index contributed by atoms with van der Waals surface area (Å²) in [5, 5.41) is 13.0. The van der Waals surface area contributed by atoms with E-state index in [4.69, 9.17) is 0 Å². The molecule has 5 aromatic rings. The Hall–Kier alpha value is -4.82. The number of piperidine rings is 1. The fourth-order valence-corrected chi connectivity index (χ4v) is 5.66. The largest absolute Gasteiger partial charge is 0.351 e. The van der Waals surface area contributed by atoms with Gasteiger partial charge in [-0.3, -0.25) is 14.6 Å². The van der Waals surface area contributed by atoms with Gasteiger partial charge in [0.1, 0.15) is 5.69 Å². The molecule has 0 radical (unpaired) electrons. The number of rotatable bonds is 9. The maximum absolute atomic E-state index is 13.3. The van der Waals surface area contributed by atoms with Gasteiger partial charge < -0.3 is 15.5 Å². The molecule has 3 aromatic carbocycles. The summed E-state index contributed by atoms with van der Waals surface area (Å²) < 4.78 is 1.47. The molecular formula is C35H36N6O2. The highest BCUT2D eigenvalue weighted by Crippen LogP contribution is 2.29. The topological polar surface area (TPSA) is 92.2 Å². The number of likely N-dealkylation sites (tertiary alicyclic amines) is 1. The molecule has 43 heavy (non-hydrogen) atoms. The van der Waals surface area contributed by atoms with Gasteiger partial charge in [-0.25, -0.2) is 4.68 Å². The van der Waals surface area contributed by atoms with Crippen LogP contribution in [0.5, 0.6) is 0 Å². The Morgan fingerprint density at radius 3 is 2.44 bits per heavy atom. The maximum atomic E-state index is 13.3. The van der Waals surface area contributed by atoms with E-state index in [0.29, 0.717) is 30.0 Å². The van der Waals surface area contributed by atoms with Crippen LogP contribution in [-0.2, 0) is 6.54 Å². The highest BCUT2D eigenvalue weighted by Gasteiger charge is 2.14. The molecule has 2 N–H and O–H groups in total. The fraction of sp³-hybridized carbons (Fsp3) is 0.257. The number of benzene rings is 3. The number of carbonyl (C=O) groups is 1. The average Bonchev–Trinajstić information content (AvgIpc) is 3.06. The molecule has 1 aliphatic rings. The Morgan fingerprint density at radius 2 is 1.60 bits per heavy atom. The van der Waals surface area contributed by atoms with E-state index in [1.54, 1.807) is 12.3 Å². The van der Waals surface area contributed by atoms with Crippen LogP contribution in [0.15, 0.2) is 96.1 Å². The summed E-state index contributed by atoms with van der Waals surface area (Å²) in [5.41, 5.74) is 5.07. The predicted octanol–water partition coefficient (Wildman–Crippen LogP) is 6.10. The lowest BCUT2D eigenvalue weighted by atomic mass is 9.99. The lowest BCUT2D eigenvalue weighted by Crippen LogP contribution is -2.37. The number of fused-ring (bicyclic) bond motifs is 1. The molecule has 0 atom stereocenters. The predicted molar refractivity (Wildman–Crippen MR) is 173 cm³/mol. The summed E-state index contributed by atoms with van der Waals surface area (Å²) in [6.45, 7) is 6.09. The van der Waals surface area contributed by atoms with Crippen LogP contribution < -0.4 is 16.2 Å². The van der Waals surface area contributed by atoms with Gasteiger partial charge in [0.2, 0.25) is 0 Å². The van der Waals surface area contributed by atoms with Crippen molar-refractivity contribution in [2.45, 2.75) is 32.7 Å². The van der Waals surface area contributed by atoms with Crippen molar-refractivity contribution in [2.75, 3.05) is 31.5 Å². The number of aryl methyl sites for hydroxylation is 1. The highest BCUT2D eigenvalue weighted by atomic mass is 16.1.